The van der Waals surface area contributed by atoms with E-state index in [-0.39, 0.29) is 0 Å². The number of carbonyl (C=O) groups excluding carboxylic acids is 1. The van der Waals surface area contributed by atoms with Gasteiger partial charge in [0.05, 0.1) is 10.3 Å². The monoisotopic (exact) mass is 182 g/mol. The molecule has 0 unspecified atom stereocenters. The zero-order valence-electron chi connectivity index (χ0n) is 6.66. The third-order valence-electron chi connectivity index (χ3n) is 1.98. The lowest BCUT2D eigenvalue weighted by Gasteiger charge is -2.32. The summed E-state index contributed by atoms with van der Waals surface area (Å²) in [6.45, 7) is 7.01. The van der Waals surface area contributed by atoms with Gasteiger partial charge in [-0.05, 0) is 39.3 Å². The molecule has 3 heteroatoms. The Morgan fingerprint density at radius 2 is 1.50 bits per heavy atom. The molecule has 10 heavy (non-hydrogen) atoms. The highest BCUT2D eigenvalue weighted by atomic mass is 35.5. The molecule has 0 bridgehead atoms. The maximum absolute atomic E-state index is 10.8. The molecule has 0 aromatic heterocycles. The van der Waals surface area contributed by atoms with Crippen molar-refractivity contribution in [1.82, 2.24) is 0 Å². The third kappa shape index (κ3) is 1.86. The lowest BCUT2D eigenvalue weighted by molar-refractivity contribution is -0.120. The van der Waals surface area contributed by atoms with Gasteiger partial charge in [0.2, 0.25) is 5.24 Å². The topological polar surface area (TPSA) is 17.1 Å². The van der Waals surface area contributed by atoms with E-state index in [0.717, 1.165) is 0 Å². The van der Waals surface area contributed by atoms with E-state index in [1.54, 1.807) is 27.7 Å². The van der Waals surface area contributed by atoms with Crippen LogP contribution in [0.2, 0.25) is 0 Å². The molecule has 0 radical (unpaired) electrons. The molecule has 0 aliphatic heterocycles. The van der Waals surface area contributed by atoms with Crippen LogP contribution in [-0.2, 0) is 4.79 Å². The van der Waals surface area contributed by atoms with Gasteiger partial charge in [-0.1, -0.05) is 0 Å². The maximum Gasteiger partial charge on any atom is 0.228 e. The van der Waals surface area contributed by atoms with Crippen molar-refractivity contribution >= 4 is 28.4 Å². The number of carbonyl (C=O) groups is 1. The van der Waals surface area contributed by atoms with Gasteiger partial charge in [-0.25, -0.2) is 0 Å². The van der Waals surface area contributed by atoms with Gasteiger partial charge in [-0.2, -0.15) is 0 Å². The molecule has 0 fully saturated rings. The van der Waals surface area contributed by atoms with E-state index in [2.05, 4.69) is 0 Å². The standard InChI is InChI=1S/C7H12Cl2O/c1-6(2,5(8)10)7(3,4)9/h1-4H3. The quantitative estimate of drug-likeness (QED) is 0.475. The van der Waals surface area contributed by atoms with Crippen LogP contribution in [0.4, 0.5) is 0 Å². The SMILES string of the molecule is CC(C)(Cl)C(C)(C)C(=O)Cl. The van der Waals surface area contributed by atoms with Gasteiger partial charge < -0.3 is 0 Å². The first-order valence-corrected chi connectivity index (χ1v) is 3.84. The molecule has 0 amide bonds. The minimum absolute atomic E-state index is 0.396. The number of hydrogen-bond donors (Lipinski definition) is 0. The second-order valence-corrected chi connectivity index (χ2v) is 4.66. The van der Waals surface area contributed by atoms with Gasteiger partial charge in [0.15, 0.2) is 0 Å². The smallest absolute Gasteiger partial charge is 0.228 e. The van der Waals surface area contributed by atoms with Crippen molar-refractivity contribution in [3.05, 3.63) is 0 Å². The Hall–Kier alpha value is 0.250. The zero-order chi connectivity index (χ0) is 8.58. The average Bonchev–Trinajstić information content (AvgIpc) is 1.62. The van der Waals surface area contributed by atoms with Crippen LogP contribution in [0.1, 0.15) is 27.7 Å². The molecular formula is C7H12Cl2O. The molecule has 0 rings (SSSR count). The molecule has 0 saturated carbocycles. The highest BCUT2D eigenvalue weighted by molar-refractivity contribution is 6.65. The second kappa shape index (κ2) is 2.71. The van der Waals surface area contributed by atoms with Crippen molar-refractivity contribution in [3.8, 4) is 0 Å². The Morgan fingerprint density at radius 3 is 1.50 bits per heavy atom. The van der Waals surface area contributed by atoms with Gasteiger partial charge in [0.25, 0.3) is 0 Å². The number of halogens is 2. The van der Waals surface area contributed by atoms with Crippen LogP contribution in [0, 0.1) is 5.41 Å². The molecule has 0 spiro atoms. The van der Waals surface area contributed by atoms with Crippen LogP contribution in [0.25, 0.3) is 0 Å². The fourth-order valence-corrected chi connectivity index (χ4v) is 0.604. The lowest BCUT2D eigenvalue weighted by atomic mass is 9.82. The fourth-order valence-electron chi connectivity index (χ4n) is 0.234. The molecule has 0 aliphatic rings. The fraction of sp³-hybridized carbons (Fsp3) is 0.857. The second-order valence-electron chi connectivity index (χ2n) is 3.37. The summed E-state index contributed by atoms with van der Waals surface area (Å²) in [5.74, 6) is 0. The van der Waals surface area contributed by atoms with Gasteiger partial charge in [-0.3, -0.25) is 4.79 Å². The van der Waals surface area contributed by atoms with E-state index in [0.29, 0.717) is 0 Å². The predicted molar refractivity (Wildman–Crippen MR) is 44.6 cm³/mol. The van der Waals surface area contributed by atoms with Gasteiger partial charge in [-0.15, -0.1) is 11.6 Å². The van der Waals surface area contributed by atoms with E-state index < -0.39 is 15.5 Å². The summed E-state index contributed by atoms with van der Waals surface area (Å²) in [5.41, 5.74) is -0.671. The van der Waals surface area contributed by atoms with Crippen molar-refractivity contribution < 1.29 is 4.79 Å². The summed E-state index contributed by atoms with van der Waals surface area (Å²) < 4.78 is 0. The van der Waals surface area contributed by atoms with Crippen LogP contribution < -0.4 is 0 Å². The summed E-state index contributed by atoms with van der Waals surface area (Å²) in [4.78, 5) is 10.2. The summed E-state index contributed by atoms with van der Waals surface area (Å²) in [6.07, 6.45) is 0. The molecule has 0 aromatic rings. The van der Waals surface area contributed by atoms with Gasteiger partial charge >= 0.3 is 0 Å². The van der Waals surface area contributed by atoms with Crippen LogP contribution in [0.3, 0.4) is 0 Å². The number of hydrogen-bond acceptors (Lipinski definition) is 1. The van der Waals surface area contributed by atoms with E-state index in [1.165, 1.54) is 0 Å². The van der Waals surface area contributed by atoms with Crippen molar-refractivity contribution in [1.29, 1.82) is 0 Å². The van der Waals surface area contributed by atoms with Crippen molar-refractivity contribution in [2.75, 3.05) is 0 Å². The first-order chi connectivity index (χ1) is 4.19. The summed E-state index contributed by atoms with van der Waals surface area (Å²) in [5, 5.41) is -0.396. The highest BCUT2D eigenvalue weighted by Crippen LogP contribution is 2.37. The van der Waals surface area contributed by atoms with E-state index in [9.17, 15) is 4.79 Å². The van der Waals surface area contributed by atoms with Crippen molar-refractivity contribution in [3.63, 3.8) is 0 Å². The predicted octanol–water partition coefficient (Wildman–Crippen LogP) is 2.80. The zero-order valence-corrected chi connectivity index (χ0v) is 8.18. The molecule has 0 aromatic carbocycles. The molecule has 0 atom stereocenters. The highest BCUT2D eigenvalue weighted by Gasteiger charge is 2.40. The molecule has 0 N–H and O–H groups in total. The van der Waals surface area contributed by atoms with Crippen molar-refractivity contribution in [2.45, 2.75) is 32.6 Å². The molecule has 0 saturated heterocycles. The van der Waals surface area contributed by atoms with Crippen LogP contribution >= 0.6 is 23.2 Å². The molecule has 0 heterocycles. The Kier molecular flexibility index (Phi) is 2.77. The van der Waals surface area contributed by atoms with Gasteiger partial charge in [0.1, 0.15) is 0 Å². The van der Waals surface area contributed by atoms with E-state index >= 15 is 0 Å². The minimum atomic E-state index is -0.671. The van der Waals surface area contributed by atoms with E-state index in [4.69, 9.17) is 23.2 Å². The number of rotatable bonds is 2. The largest absolute Gasteiger partial charge is 0.281 e. The van der Waals surface area contributed by atoms with Gasteiger partial charge in [0, 0.05) is 0 Å². The molecular weight excluding hydrogens is 171 g/mol. The van der Waals surface area contributed by atoms with Crippen LogP contribution in [0.15, 0.2) is 0 Å². The molecule has 0 aliphatic carbocycles. The first-order valence-electron chi connectivity index (χ1n) is 3.08. The maximum atomic E-state index is 10.8. The van der Waals surface area contributed by atoms with Crippen LogP contribution in [-0.4, -0.2) is 10.1 Å². The minimum Gasteiger partial charge on any atom is -0.281 e. The third-order valence-corrected chi connectivity index (χ3v) is 2.92. The molecule has 60 valence electrons. The summed E-state index contributed by atoms with van der Waals surface area (Å²) >= 11 is 11.2. The molecule has 1 nitrogen and oxygen atoms in total. The Labute approximate surface area is 71.7 Å². The van der Waals surface area contributed by atoms with Crippen LogP contribution in [0.5, 0.6) is 0 Å². The Bertz CT molecular complexity index is 144. The first kappa shape index (κ1) is 10.2. The van der Waals surface area contributed by atoms with E-state index in [1.807, 2.05) is 0 Å². The summed E-state index contributed by atoms with van der Waals surface area (Å²) in [7, 11) is 0. The Morgan fingerprint density at radius 1 is 1.20 bits per heavy atom. The van der Waals surface area contributed by atoms with Crippen molar-refractivity contribution in [2.24, 2.45) is 5.41 Å². The Balaban J connectivity index is 4.57. The normalized spacial score (nSPS) is 13.4. The number of alkyl halides is 1. The summed E-state index contributed by atoms with van der Waals surface area (Å²) in [6, 6.07) is 0. The lowest BCUT2D eigenvalue weighted by Crippen LogP contribution is -2.38. The average molecular weight is 183 g/mol.